The Morgan fingerprint density at radius 2 is 1.65 bits per heavy atom. The van der Waals surface area contributed by atoms with Crippen molar-refractivity contribution in [2.24, 2.45) is 0 Å². The van der Waals surface area contributed by atoms with Gasteiger partial charge in [-0.2, -0.15) is 0 Å². The fourth-order valence-corrected chi connectivity index (χ4v) is 3.17. The maximum absolute atomic E-state index is 12.7. The first-order valence-electron chi connectivity index (χ1n) is 9.47. The number of halogens is 2. The van der Waals surface area contributed by atoms with E-state index < -0.39 is 5.91 Å². The molecule has 0 spiro atoms. The van der Waals surface area contributed by atoms with Crippen LogP contribution in [0, 0.1) is 0 Å². The van der Waals surface area contributed by atoms with E-state index in [9.17, 15) is 9.59 Å². The van der Waals surface area contributed by atoms with Gasteiger partial charge in [0.1, 0.15) is 11.5 Å². The number of rotatable bonds is 8. The number of benzene rings is 3. The van der Waals surface area contributed by atoms with Crippen molar-refractivity contribution in [2.45, 2.75) is 6.92 Å². The second-order valence-corrected chi connectivity index (χ2v) is 7.21. The third-order valence-electron chi connectivity index (χ3n) is 4.12. The molecule has 0 saturated heterocycles. The highest BCUT2D eigenvalue weighted by Gasteiger charge is 2.14. The van der Waals surface area contributed by atoms with Gasteiger partial charge in [0.2, 0.25) is 0 Å². The van der Waals surface area contributed by atoms with Gasteiger partial charge in [-0.25, -0.2) is 0 Å². The summed E-state index contributed by atoms with van der Waals surface area (Å²) in [5.74, 6) is 0.255. The summed E-state index contributed by atoms with van der Waals surface area (Å²) in [6.45, 7) is 2.18. The average Bonchev–Trinajstić information content (AvgIpc) is 2.75. The van der Waals surface area contributed by atoms with Gasteiger partial charge in [0.05, 0.1) is 22.9 Å². The monoisotopic (exact) mass is 458 g/mol. The van der Waals surface area contributed by atoms with Gasteiger partial charge in [-0.15, -0.1) is 0 Å². The number of ether oxygens (including phenoxy) is 2. The first-order valence-corrected chi connectivity index (χ1v) is 10.2. The van der Waals surface area contributed by atoms with Crippen molar-refractivity contribution in [3.05, 3.63) is 82.3 Å². The summed E-state index contributed by atoms with van der Waals surface area (Å²) in [4.78, 5) is 25.1. The first-order chi connectivity index (χ1) is 15.0. The molecule has 0 radical (unpaired) electrons. The molecule has 0 bridgehead atoms. The first kappa shape index (κ1) is 22.5. The summed E-state index contributed by atoms with van der Waals surface area (Å²) in [6, 6.07) is 18.4. The van der Waals surface area contributed by atoms with Crippen LogP contribution in [-0.2, 0) is 4.79 Å². The van der Waals surface area contributed by atoms with Gasteiger partial charge < -0.3 is 20.1 Å². The van der Waals surface area contributed by atoms with Crippen molar-refractivity contribution >= 4 is 46.4 Å². The topological polar surface area (TPSA) is 76.7 Å². The minimum Gasteiger partial charge on any atom is -0.494 e. The molecule has 3 aromatic carbocycles. The van der Waals surface area contributed by atoms with Crippen LogP contribution in [0.3, 0.4) is 0 Å². The van der Waals surface area contributed by atoms with Crippen LogP contribution in [0.5, 0.6) is 11.5 Å². The number of hydrogen-bond donors (Lipinski definition) is 2. The van der Waals surface area contributed by atoms with Gasteiger partial charge in [0.15, 0.2) is 6.61 Å². The van der Waals surface area contributed by atoms with Gasteiger partial charge in [-0.05, 0) is 61.5 Å². The van der Waals surface area contributed by atoms with E-state index in [1.807, 2.05) is 6.92 Å². The Morgan fingerprint density at radius 1 is 0.903 bits per heavy atom. The van der Waals surface area contributed by atoms with Crippen molar-refractivity contribution in [2.75, 3.05) is 23.8 Å². The second-order valence-electron chi connectivity index (χ2n) is 6.37. The fourth-order valence-electron chi connectivity index (χ4n) is 2.71. The number of carbonyl (C=O) groups excluding carboxylic acids is 2. The molecule has 0 aliphatic carbocycles. The zero-order valence-corrected chi connectivity index (χ0v) is 18.2. The zero-order valence-electron chi connectivity index (χ0n) is 16.7. The molecule has 8 heteroatoms. The lowest BCUT2D eigenvalue weighted by atomic mass is 10.1. The molecular formula is C23H20Cl2N2O4. The van der Waals surface area contributed by atoms with Crippen LogP contribution in [0.2, 0.25) is 10.0 Å². The van der Waals surface area contributed by atoms with E-state index in [4.69, 9.17) is 32.7 Å². The van der Waals surface area contributed by atoms with Crippen LogP contribution < -0.4 is 20.1 Å². The Morgan fingerprint density at radius 3 is 2.35 bits per heavy atom. The molecule has 0 unspecified atom stereocenters. The van der Waals surface area contributed by atoms with Gasteiger partial charge in [0.25, 0.3) is 11.8 Å². The molecule has 6 nitrogen and oxygen atoms in total. The Labute approximate surface area is 190 Å². The van der Waals surface area contributed by atoms with Gasteiger partial charge in [-0.1, -0.05) is 35.3 Å². The molecule has 3 aromatic rings. The summed E-state index contributed by atoms with van der Waals surface area (Å²) >= 11 is 11.9. The number of hydrogen-bond acceptors (Lipinski definition) is 4. The quantitative estimate of drug-likeness (QED) is 0.456. The number of carbonyl (C=O) groups is 2. The number of amides is 2. The molecule has 0 saturated carbocycles. The smallest absolute Gasteiger partial charge is 0.262 e. The standard InChI is InChI=1S/C23H20Cl2N2O4/c1-2-30-17-10-8-16(9-11-17)26-23(29)18-5-3-4-6-20(18)27-22(28)14-31-21-12-7-15(24)13-19(21)25/h3-13H,2,14H2,1H3,(H,26,29)(H,27,28). The highest BCUT2D eigenvalue weighted by Crippen LogP contribution is 2.27. The minimum atomic E-state index is -0.438. The Hall–Kier alpha value is -3.22. The predicted octanol–water partition coefficient (Wildman–Crippen LogP) is 5.66. The SMILES string of the molecule is CCOc1ccc(NC(=O)c2ccccc2NC(=O)COc2ccc(Cl)cc2Cl)cc1. The summed E-state index contributed by atoms with van der Waals surface area (Å²) in [5.41, 5.74) is 1.28. The molecule has 0 aliphatic heterocycles. The van der Waals surface area contributed by atoms with Crippen molar-refractivity contribution in [3.63, 3.8) is 0 Å². The Bertz CT molecular complexity index is 1070. The van der Waals surface area contributed by atoms with Crippen LogP contribution in [-0.4, -0.2) is 25.0 Å². The van der Waals surface area contributed by atoms with Crippen molar-refractivity contribution in [1.82, 2.24) is 0 Å². The van der Waals surface area contributed by atoms with E-state index >= 15 is 0 Å². The third-order valence-corrected chi connectivity index (χ3v) is 4.65. The van der Waals surface area contributed by atoms with Crippen molar-refractivity contribution < 1.29 is 19.1 Å². The molecule has 2 N–H and O–H groups in total. The van der Waals surface area contributed by atoms with E-state index in [-0.39, 0.29) is 12.5 Å². The Balaban J connectivity index is 1.63. The summed E-state index contributed by atoms with van der Waals surface area (Å²) in [7, 11) is 0. The molecule has 3 rings (SSSR count). The van der Waals surface area contributed by atoms with Gasteiger partial charge >= 0.3 is 0 Å². The van der Waals surface area contributed by atoms with E-state index in [0.29, 0.717) is 45.1 Å². The maximum atomic E-state index is 12.7. The molecule has 31 heavy (non-hydrogen) atoms. The molecule has 0 aromatic heterocycles. The van der Waals surface area contributed by atoms with Crippen LogP contribution in [0.25, 0.3) is 0 Å². The summed E-state index contributed by atoms with van der Waals surface area (Å²) < 4.78 is 10.8. The lowest BCUT2D eigenvalue weighted by Crippen LogP contribution is -2.22. The normalized spacial score (nSPS) is 10.3. The van der Waals surface area contributed by atoms with Crippen LogP contribution in [0.15, 0.2) is 66.7 Å². The Kier molecular flexibility index (Phi) is 7.76. The van der Waals surface area contributed by atoms with Gasteiger partial charge in [0, 0.05) is 10.7 Å². The molecule has 0 fully saturated rings. The second kappa shape index (κ2) is 10.7. The largest absolute Gasteiger partial charge is 0.494 e. The van der Waals surface area contributed by atoms with Crippen molar-refractivity contribution in [1.29, 1.82) is 0 Å². The lowest BCUT2D eigenvalue weighted by molar-refractivity contribution is -0.118. The molecule has 0 heterocycles. The molecule has 0 aliphatic rings. The number of anilines is 2. The molecule has 0 atom stereocenters. The fraction of sp³-hybridized carbons (Fsp3) is 0.130. The number of nitrogens with one attached hydrogen (secondary N) is 2. The van der Waals surface area contributed by atoms with Crippen LogP contribution >= 0.6 is 23.2 Å². The van der Waals surface area contributed by atoms with Crippen LogP contribution in [0.4, 0.5) is 11.4 Å². The summed E-state index contributed by atoms with van der Waals surface area (Å²) in [6.07, 6.45) is 0. The van der Waals surface area contributed by atoms with E-state index in [1.54, 1.807) is 60.7 Å². The lowest BCUT2D eigenvalue weighted by Gasteiger charge is -2.13. The third kappa shape index (κ3) is 6.38. The van der Waals surface area contributed by atoms with Gasteiger partial charge in [-0.3, -0.25) is 9.59 Å². The predicted molar refractivity (Wildman–Crippen MR) is 123 cm³/mol. The van der Waals surface area contributed by atoms with Crippen molar-refractivity contribution in [3.8, 4) is 11.5 Å². The van der Waals surface area contributed by atoms with E-state index in [1.165, 1.54) is 6.07 Å². The highest BCUT2D eigenvalue weighted by atomic mass is 35.5. The average molecular weight is 459 g/mol. The van der Waals surface area contributed by atoms with E-state index in [0.717, 1.165) is 0 Å². The molecule has 2 amide bonds. The molecule has 160 valence electrons. The van der Waals surface area contributed by atoms with Crippen LogP contribution in [0.1, 0.15) is 17.3 Å². The minimum absolute atomic E-state index is 0.282. The van der Waals surface area contributed by atoms with E-state index in [2.05, 4.69) is 10.6 Å². The molecular weight excluding hydrogens is 439 g/mol. The highest BCUT2D eigenvalue weighted by molar-refractivity contribution is 6.35. The summed E-state index contributed by atoms with van der Waals surface area (Å²) in [5, 5.41) is 6.26. The number of para-hydroxylation sites is 1. The zero-order chi connectivity index (χ0) is 22.2. The maximum Gasteiger partial charge on any atom is 0.262 e.